The van der Waals surface area contributed by atoms with Gasteiger partial charge in [0.2, 0.25) is 0 Å². The van der Waals surface area contributed by atoms with Crippen LogP contribution in [0.25, 0.3) is 5.57 Å². The van der Waals surface area contributed by atoms with Gasteiger partial charge in [0.25, 0.3) is 0 Å². The predicted octanol–water partition coefficient (Wildman–Crippen LogP) is 4.91. The van der Waals surface area contributed by atoms with Gasteiger partial charge in [0.15, 0.2) is 0 Å². The van der Waals surface area contributed by atoms with Gasteiger partial charge in [0, 0.05) is 0 Å². The Kier molecular flexibility index (Phi) is 4.74. The number of rotatable bonds is 2. The Hall–Kier alpha value is -1.64. The lowest BCUT2D eigenvalue weighted by Crippen LogP contribution is -2.33. The summed E-state index contributed by atoms with van der Waals surface area (Å²) < 4.78 is 19.1. The predicted molar refractivity (Wildman–Crippen MR) is 86.8 cm³/mol. The fraction of sp³-hybridized carbons (Fsp3) is 0.526. The molecule has 0 radical (unpaired) electrons. The Balaban J connectivity index is 2.36. The van der Waals surface area contributed by atoms with E-state index in [9.17, 15) is 9.18 Å². The van der Waals surface area contributed by atoms with Crippen molar-refractivity contribution in [1.82, 2.24) is 0 Å². The molecule has 2 nitrogen and oxygen atoms in total. The first kappa shape index (κ1) is 16.7. The van der Waals surface area contributed by atoms with Crippen LogP contribution in [0.3, 0.4) is 0 Å². The van der Waals surface area contributed by atoms with Crippen LogP contribution in [0.1, 0.15) is 51.7 Å². The first-order chi connectivity index (χ1) is 10.2. The maximum Gasteiger partial charge on any atom is 0.314 e. The van der Waals surface area contributed by atoms with Crippen molar-refractivity contribution >= 4 is 11.5 Å². The third-order valence-corrected chi connectivity index (χ3v) is 4.04. The van der Waals surface area contributed by atoms with Crippen molar-refractivity contribution in [2.45, 2.75) is 53.1 Å². The van der Waals surface area contributed by atoms with E-state index in [4.69, 9.17) is 4.74 Å². The van der Waals surface area contributed by atoms with Gasteiger partial charge in [-0.3, -0.25) is 4.79 Å². The third-order valence-electron chi connectivity index (χ3n) is 4.04. The fourth-order valence-electron chi connectivity index (χ4n) is 2.95. The minimum Gasteiger partial charge on any atom is -0.459 e. The maximum atomic E-state index is 13.5. The summed E-state index contributed by atoms with van der Waals surface area (Å²) in [5.74, 6) is -0.465. The van der Waals surface area contributed by atoms with Crippen LogP contribution < -0.4 is 0 Å². The molecule has 2 rings (SSSR count). The highest BCUT2D eigenvalue weighted by Crippen LogP contribution is 2.38. The lowest BCUT2D eigenvalue weighted by molar-refractivity contribution is -0.159. The number of esters is 1. The molecule has 1 aromatic rings. The lowest BCUT2D eigenvalue weighted by atomic mass is 9.76. The summed E-state index contributed by atoms with van der Waals surface area (Å²) in [5, 5.41) is 0. The van der Waals surface area contributed by atoms with Crippen molar-refractivity contribution < 1.29 is 13.9 Å². The van der Waals surface area contributed by atoms with Crippen LogP contribution in [0.2, 0.25) is 0 Å². The highest BCUT2D eigenvalue weighted by molar-refractivity contribution is 5.89. The van der Waals surface area contributed by atoms with Gasteiger partial charge in [-0.2, -0.15) is 0 Å². The number of hydrogen-bond donors (Lipinski definition) is 0. The number of allylic oxidation sites excluding steroid dienone is 1. The summed E-state index contributed by atoms with van der Waals surface area (Å²) in [4.78, 5) is 12.6. The van der Waals surface area contributed by atoms with E-state index in [1.54, 1.807) is 13.0 Å². The average Bonchev–Trinajstić information content (AvgIpc) is 2.39. The van der Waals surface area contributed by atoms with E-state index >= 15 is 0 Å². The van der Waals surface area contributed by atoms with Crippen LogP contribution in [-0.4, -0.2) is 11.6 Å². The number of carbonyl (C=O) groups is 1. The molecule has 0 aliphatic heterocycles. The molecule has 0 saturated heterocycles. The van der Waals surface area contributed by atoms with E-state index < -0.39 is 5.60 Å². The molecule has 0 bridgehead atoms. The Morgan fingerprint density at radius 1 is 1.32 bits per heavy atom. The summed E-state index contributed by atoms with van der Waals surface area (Å²) in [6, 6.07) is 5.04. The van der Waals surface area contributed by atoms with Crippen LogP contribution in [0.4, 0.5) is 4.39 Å². The molecule has 0 fully saturated rings. The van der Waals surface area contributed by atoms with Gasteiger partial charge >= 0.3 is 5.97 Å². The third kappa shape index (κ3) is 3.76. The molecule has 1 aliphatic rings. The minimum atomic E-state index is -0.502. The molecule has 2 atom stereocenters. The molecule has 0 aromatic heterocycles. The second-order valence-corrected chi connectivity index (χ2v) is 7.19. The van der Waals surface area contributed by atoms with Crippen LogP contribution in [0, 0.1) is 24.6 Å². The summed E-state index contributed by atoms with van der Waals surface area (Å²) in [7, 11) is 0. The maximum absolute atomic E-state index is 13.5. The molecule has 120 valence electrons. The molecule has 3 heteroatoms. The van der Waals surface area contributed by atoms with E-state index in [1.807, 2.05) is 26.8 Å². The Morgan fingerprint density at radius 2 is 2.00 bits per heavy atom. The summed E-state index contributed by atoms with van der Waals surface area (Å²) in [6.45, 7) is 9.46. The highest BCUT2D eigenvalue weighted by Gasteiger charge is 2.35. The van der Waals surface area contributed by atoms with E-state index in [0.717, 1.165) is 24.0 Å². The van der Waals surface area contributed by atoms with Gasteiger partial charge < -0.3 is 4.74 Å². The van der Waals surface area contributed by atoms with E-state index in [-0.39, 0.29) is 23.6 Å². The summed E-state index contributed by atoms with van der Waals surface area (Å²) in [5.41, 5.74) is 1.98. The monoisotopic (exact) mass is 304 g/mol. The zero-order valence-corrected chi connectivity index (χ0v) is 14.1. The molecule has 0 saturated carbocycles. The van der Waals surface area contributed by atoms with Crippen LogP contribution in [0.15, 0.2) is 24.3 Å². The molecular formula is C19H25FO2. The molecule has 0 spiro atoms. The number of carbonyl (C=O) groups excluding carboxylic acids is 1. The smallest absolute Gasteiger partial charge is 0.314 e. The molecular weight excluding hydrogens is 279 g/mol. The number of ether oxygens (including phenoxy) is 1. The first-order valence-electron chi connectivity index (χ1n) is 7.88. The molecule has 0 amide bonds. The number of halogens is 1. The quantitative estimate of drug-likeness (QED) is 0.726. The normalized spacial score (nSPS) is 22.2. The topological polar surface area (TPSA) is 26.3 Å². The minimum absolute atomic E-state index is 0.187. The fourth-order valence-corrected chi connectivity index (χ4v) is 2.95. The second kappa shape index (κ2) is 6.23. The van der Waals surface area contributed by atoms with Crippen molar-refractivity contribution in [3.05, 3.63) is 41.2 Å². The van der Waals surface area contributed by atoms with Gasteiger partial charge in [-0.25, -0.2) is 4.39 Å². The second-order valence-electron chi connectivity index (χ2n) is 7.19. The molecule has 2 unspecified atom stereocenters. The number of hydrogen-bond acceptors (Lipinski definition) is 2. The average molecular weight is 304 g/mol. The first-order valence-corrected chi connectivity index (χ1v) is 7.88. The van der Waals surface area contributed by atoms with E-state index in [2.05, 4.69) is 13.0 Å². The van der Waals surface area contributed by atoms with Crippen molar-refractivity contribution in [2.24, 2.45) is 11.8 Å². The zero-order chi connectivity index (χ0) is 16.5. The summed E-state index contributed by atoms with van der Waals surface area (Å²) >= 11 is 0. The van der Waals surface area contributed by atoms with Crippen molar-refractivity contribution in [1.29, 1.82) is 0 Å². The van der Waals surface area contributed by atoms with E-state index in [0.29, 0.717) is 5.56 Å². The standard InChI is InChI=1S/C19H25FO2/c1-12-7-6-8-15(14-9-10-16(20)13(2)11-14)17(12)18(21)22-19(3,4)5/h8-12,17H,6-7H2,1-5H3. The van der Waals surface area contributed by atoms with Gasteiger partial charge in [-0.15, -0.1) is 0 Å². The Morgan fingerprint density at radius 3 is 2.59 bits per heavy atom. The van der Waals surface area contributed by atoms with Gasteiger partial charge in [-0.1, -0.05) is 19.1 Å². The van der Waals surface area contributed by atoms with Gasteiger partial charge in [0.05, 0.1) is 5.92 Å². The molecule has 0 N–H and O–H groups in total. The number of benzene rings is 1. The molecule has 1 aromatic carbocycles. The van der Waals surface area contributed by atoms with E-state index in [1.165, 1.54) is 6.07 Å². The van der Waals surface area contributed by atoms with Gasteiger partial charge in [-0.05, 0) is 75.3 Å². The van der Waals surface area contributed by atoms with Crippen molar-refractivity contribution in [3.8, 4) is 0 Å². The highest BCUT2D eigenvalue weighted by atomic mass is 19.1. The zero-order valence-electron chi connectivity index (χ0n) is 14.1. The van der Waals surface area contributed by atoms with Crippen LogP contribution in [0.5, 0.6) is 0 Å². The molecule has 1 aliphatic carbocycles. The SMILES string of the molecule is Cc1cc(C2=CCCC(C)C2C(=O)OC(C)(C)C)ccc1F. The van der Waals surface area contributed by atoms with Crippen molar-refractivity contribution in [2.75, 3.05) is 0 Å². The Labute approximate surface area is 132 Å². The number of aryl methyl sites for hydroxylation is 1. The van der Waals surface area contributed by atoms with Gasteiger partial charge in [0.1, 0.15) is 11.4 Å². The lowest BCUT2D eigenvalue weighted by Gasteiger charge is -2.32. The molecule has 0 heterocycles. The molecule has 22 heavy (non-hydrogen) atoms. The van der Waals surface area contributed by atoms with Crippen LogP contribution in [-0.2, 0) is 9.53 Å². The van der Waals surface area contributed by atoms with Crippen molar-refractivity contribution in [3.63, 3.8) is 0 Å². The summed E-state index contributed by atoms with van der Waals surface area (Å²) in [6.07, 6.45) is 4.00. The van der Waals surface area contributed by atoms with Crippen LogP contribution >= 0.6 is 0 Å². The Bertz CT molecular complexity index is 596. The largest absolute Gasteiger partial charge is 0.459 e.